The number of carbonyl (C=O) groups excluding carboxylic acids is 3. The molecule has 0 bridgehead atoms. The Balaban J connectivity index is 2.00. The number of para-hydroxylation sites is 2. The van der Waals surface area contributed by atoms with Gasteiger partial charge in [0.15, 0.2) is 6.61 Å². The topological polar surface area (TPSA) is 81.7 Å². The highest BCUT2D eigenvalue weighted by atomic mass is 16.5. The monoisotopic (exact) mass is 341 g/mol. The molecule has 6 nitrogen and oxygen atoms in total. The van der Waals surface area contributed by atoms with E-state index in [1.807, 2.05) is 18.2 Å². The van der Waals surface area contributed by atoms with Gasteiger partial charge in [-0.2, -0.15) is 0 Å². The molecule has 0 aliphatic carbocycles. The molecule has 0 radical (unpaired) electrons. The van der Waals surface area contributed by atoms with Gasteiger partial charge in [-0.05, 0) is 24.3 Å². The van der Waals surface area contributed by atoms with Crippen molar-refractivity contribution in [3.63, 3.8) is 0 Å². The zero-order valence-corrected chi connectivity index (χ0v) is 14.0. The van der Waals surface area contributed by atoms with Crippen LogP contribution in [-0.2, 0) is 14.3 Å². The Hall–Kier alpha value is -3.15. The van der Waals surface area contributed by atoms with Crippen molar-refractivity contribution in [3.05, 3.63) is 60.2 Å². The van der Waals surface area contributed by atoms with Gasteiger partial charge in [0, 0.05) is 5.92 Å². The van der Waals surface area contributed by atoms with Crippen LogP contribution in [-0.4, -0.2) is 24.4 Å². The summed E-state index contributed by atoms with van der Waals surface area (Å²) in [4.78, 5) is 35.3. The SMILES string of the molecule is CC(C)C(=O)NC(=O)COC(=O)c1ccccc1Oc1ccccc1. The Morgan fingerprint density at radius 1 is 0.960 bits per heavy atom. The van der Waals surface area contributed by atoms with Crippen LogP contribution in [0.4, 0.5) is 0 Å². The van der Waals surface area contributed by atoms with E-state index in [0.717, 1.165) is 0 Å². The standard InChI is InChI=1S/C19H19NO5/c1-13(2)18(22)20-17(21)12-24-19(23)15-10-6-7-11-16(15)25-14-8-4-3-5-9-14/h3-11,13H,12H2,1-2H3,(H,20,21,22). The number of imide groups is 1. The van der Waals surface area contributed by atoms with Gasteiger partial charge >= 0.3 is 5.97 Å². The molecule has 1 N–H and O–H groups in total. The lowest BCUT2D eigenvalue weighted by atomic mass is 10.2. The third-order valence-electron chi connectivity index (χ3n) is 3.20. The molecule has 25 heavy (non-hydrogen) atoms. The molecule has 0 saturated heterocycles. The van der Waals surface area contributed by atoms with Crippen molar-refractivity contribution in [2.24, 2.45) is 5.92 Å². The average molecular weight is 341 g/mol. The first kappa shape index (κ1) is 18.2. The first-order valence-corrected chi connectivity index (χ1v) is 7.80. The summed E-state index contributed by atoms with van der Waals surface area (Å²) in [6.07, 6.45) is 0. The molecule has 0 atom stereocenters. The lowest BCUT2D eigenvalue weighted by Gasteiger charge is -2.11. The second-order valence-corrected chi connectivity index (χ2v) is 5.55. The molecule has 0 aliphatic rings. The van der Waals surface area contributed by atoms with Crippen molar-refractivity contribution in [1.29, 1.82) is 0 Å². The average Bonchev–Trinajstić information content (AvgIpc) is 2.61. The van der Waals surface area contributed by atoms with Gasteiger partial charge in [0.1, 0.15) is 17.1 Å². The van der Waals surface area contributed by atoms with Gasteiger partial charge in [-0.25, -0.2) is 4.79 Å². The number of ether oxygens (including phenoxy) is 2. The minimum Gasteiger partial charge on any atom is -0.456 e. The normalized spacial score (nSPS) is 10.2. The van der Waals surface area contributed by atoms with Gasteiger partial charge in [0.2, 0.25) is 5.91 Å². The summed E-state index contributed by atoms with van der Waals surface area (Å²) >= 11 is 0. The lowest BCUT2D eigenvalue weighted by molar-refractivity contribution is -0.133. The Bertz CT molecular complexity index is 755. The van der Waals surface area contributed by atoms with E-state index in [-0.39, 0.29) is 11.5 Å². The quantitative estimate of drug-likeness (QED) is 0.817. The van der Waals surface area contributed by atoms with Crippen LogP contribution >= 0.6 is 0 Å². The van der Waals surface area contributed by atoms with Crippen LogP contribution < -0.4 is 10.1 Å². The highest BCUT2D eigenvalue weighted by Gasteiger charge is 2.17. The molecular formula is C19H19NO5. The summed E-state index contributed by atoms with van der Waals surface area (Å²) in [7, 11) is 0. The number of rotatable bonds is 6. The first-order chi connectivity index (χ1) is 12.0. The first-order valence-electron chi connectivity index (χ1n) is 7.80. The van der Waals surface area contributed by atoms with E-state index in [4.69, 9.17) is 9.47 Å². The van der Waals surface area contributed by atoms with E-state index < -0.39 is 24.4 Å². The van der Waals surface area contributed by atoms with Crippen molar-refractivity contribution < 1.29 is 23.9 Å². The molecular weight excluding hydrogens is 322 g/mol. The van der Waals surface area contributed by atoms with Crippen LogP contribution in [0.3, 0.4) is 0 Å². The van der Waals surface area contributed by atoms with E-state index in [9.17, 15) is 14.4 Å². The fraction of sp³-hybridized carbons (Fsp3) is 0.211. The van der Waals surface area contributed by atoms with Gasteiger partial charge in [0.05, 0.1) is 0 Å². The van der Waals surface area contributed by atoms with Gasteiger partial charge in [0.25, 0.3) is 5.91 Å². The van der Waals surface area contributed by atoms with E-state index in [2.05, 4.69) is 5.32 Å². The summed E-state index contributed by atoms with van der Waals surface area (Å²) in [6, 6.07) is 15.5. The molecule has 6 heteroatoms. The number of nitrogens with one attached hydrogen (secondary N) is 1. The zero-order valence-electron chi connectivity index (χ0n) is 14.0. The Kier molecular flexibility index (Phi) is 6.28. The lowest BCUT2D eigenvalue weighted by Crippen LogP contribution is -2.36. The van der Waals surface area contributed by atoms with Crippen LogP contribution in [0.1, 0.15) is 24.2 Å². The molecule has 0 saturated carbocycles. The molecule has 2 amide bonds. The Morgan fingerprint density at radius 3 is 2.28 bits per heavy atom. The maximum absolute atomic E-state index is 12.2. The van der Waals surface area contributed by atoms with Crippen molar-refractivity contribution in [2.45, 2.75) is 13.8 Å². The maximum atomic E-state index is 12.2. The number of benzene rings is 2. The van der Waals surface area contributed by atoms with Crippen molar-refractivity contribution in [3.8, 4) is 11.5 Å². The van der Waals surface area contributed by atoms with Crippen LogP contribution in [0.2, 0.25) is 0 Å². The predicted octanol–water partition coefficient (Wildman–Crippen LogP) is 2.93. The van der Waals surface area contributed by atoms with E-state index in [1.54, 1.807) is 44.2 Å². The van der Waals surface area contributed by atoms with Gasteiger partial charge < -0.3 is 9.47 Å². The number of carbonyl (C=O) groups is 3. The minimum atomic E-state index is -0.710. The van der Waals surface area contributed by atoms with Gasteiger partial charge in [-0.15, -0.1) is 0 Å². The van der Waals surface area contributed by atoms with Crippen LogP contribution in [0.15, 0.2) is 54.6 Å². The van der Waals surface area contributed by atoms with Crippen molar-refractivity contribution in [2.75, 3.05) is 6.61 Å². The number of hydrogen-bond acceptors (Lipinski definition) is 5. The second kappa shape index (κ2) is 8.63. The zero-order chi connectivity index (χ0) is 18.2. The van der Waals surface area contributed by atoms with Crippen LogP contribution in [0.25, 0.3) is 0 Å². The van der Waals surface area contributed by atoms with Crippen molar-refractivity contribution >= 4 is 17.8 Å². The fourth-order valence-corrected chi connectivity index (χ4v) is 1.87. The van der Waals surface area contributed by atoms with E-state index in [1.165, 1.54) is 6.07 Å². The molecule has 2 aromatic carbocycles. The Morgan fingerprint density at radius 2 is 1.60 bits per heavy atom. The highest BCUT2D eigenvalue weighted by Crippen LogP contribution is 2.25. The van der Waals surface area contributed by atoms with E-state index >= 15 is 0 Å². The molecule has 0 fully saturated rings. The largest absolute Gasteiger partial charge is 0.456 e. The molecule has 2 rings (SSSR count). The Labute approximate surface area is 145 Å². The summed E-state index contributed by atoms with van der Waals surface area (Å²) in [5.74, 6) is -1.25. The molecule has 2 aromatic rings. The predicted molar refractivity (Wildman–Crippen MR) is 91.2 cm³/mol. The molecule has 0 spiro atoms. The number of esters is 1. The highest BCUT2D eigenvalue weighted by molar-refractivity contribution is 5.98. The summed E-state index contributed by atoms with van der Waals surface area (Å²) in [5, 5.41) is 2.15. The molecule has 130 valence electrons. The summed E-state index contributed by atoms with van der Waals surface area (Å²) in [5.41, 5.74) is 0.189. The van der Waals surface area contributed by atoms with Gasteiger partial charge in [-0.1, -0.05) is 44.2 Å². The maximum Gasteiger partial charge on any atom is 0.342 e. The molecule has 0 heterocycles. The number of hydrogen-bond donors (Lipinski definition) is 1. The third-order valence-corrected chi connectivity index (χ3v) is 3.20. The minimum absolute atomic E-state index is 0.189. The van der Waals surface area contributed by atoms with Gasteiger partial charge in [-0.3, -0.25) is 14.9 Å². The van der Waals surface area contributed by atoms with E-state index in [0.29, 0.717) is 11.5 Å². The summed E-state index contributed by atoms with van der Waals surface area (Å²) < 4.78 is 10.6. The molecule has 0 aliphatic heterocycles. The van der Waals surface area contributed by atoms with Crippen LogP contribution in [0, 0.1) is 5.92 Å². The number of amides is 2. The van der Waals surface area contributed by atoms with Crippen molar-refractivity contribution in [1.82, 2.24) is 5.32 Å². The third kappa shape index (κ3) is 5.46. The molecule has 0 aromatic heterocycles. The van der Waals surface area contributed by atoms with Crippen LogP contribution in [0.5, 0.6) is 11.5 Å². The summed E-state index contributed by atoms with van der Waals surface area (Å²) in [6.45, 7) is 2.77. The fourth-order valence-electron chi connectivity index (χ4n) is 1.87. The second-order valence-electron chi connectivity index (χ2n) is 5.55. The smallest absolute Gasteiger partial charge is 0.342 e. The molecule has 0 unspecified atom stereocenters.